The van der Waals surface area contributed by atoms with E-state index in [9.17, 15) is 9.59 Å². The Balaban J connectivity index is 2.32. The molecule has 0 aromatic heterocycles. The molecule has 0 unspecified atom stereocenters. The first-order valence-corrected chi connectivity index (χ1v) is 7.09. The molecule has 0 spiro atoms. The van der Waals surface area contributed by atoms with Crippen molar-refractivity contribution in [2.45, 2.75) is 39.0 Å². The molecule has 0 fully saturated rings. The molecule has 1 aromatic rings. The average molecular weight is 291 g/mol. The summed E-state index contributed by atoms with van der Waals surface area (Å²) in [7, 11) is 0. The van der Waals surface area contributed by atoms with Crippen LogP contribution in [0, 0.1) is 0 Å². The van der Waals surface area contributed by atoms with Crippen LogP contribution in [0.15, 0.2) is 18.2 Å². The number of carboxylic acid groups (broad SMARTS) is 1. The second-order valence-corrected chi connectivity index (χ2v) is 6.19. The van der Waals surface area contributed by atoms with Crippen LogP contribution >= 0.6 is 0 Å². The van der Waals surface area contributed by atoms with Crippen molar-refractivity contribution in [2.24, 2.45) is 0 Å². The summed E-state index contributed by atoms with van der Waals surface area (Å²) < 4.78 is 5.78. The third-order valence-corrected chi connectivity index (χ3v) is 3.51. The van der Waals surface area contributed by atoms with Crippen LogP contribution in [0.1, 0.15) is 39.2 Å². The van der Waals surface area contributed by atoms with Gasteiger partial charge in [0.05, 0.1) is 18.7 Å². The van der Waals surface area contributed by atoms with Crippen molar-refractivity contribution in [2.75, 3.05) is 18.1 Å². The summed E-state index contributed by atoms with van der Waals surface area (Å²) in [5, 5.41) is 8.71. The number of ether oxygens (including phenoxy) is 1. The summed E-state index contributed by atoms with van der Waals surface area (Å²) in [6.45, 7) is 7.17. The monoisotopic (exact) mass is 291 g/mol. The van der Waals surface area contributed by atoms with E-state index in [0.717, 1.165) is 17.0 Å². The third-order valence-electron chi connectivity index (χ3n) is 3.51. The Hall–Kier alpha value is -2.04. The Morgan fingerprint density at radius 3 is 2.62 bits per heavy atom. The molecule has 1 aliphatic rings. The standard InChI is InChI=1S/C16H21NO4/c1-16(2,3)11-5-4-6-12-15(11)21-10-9-17(12)13(18)7-8-14(19)20/h4-6H,7-10H2,1-3H3,(H,19,20). The number of fused-ring (bicyclic) bond motifs is 1. The number of anilines is 1. The van der Waals surface area contributed by atoms with Gasteiger partial charge in [-0.1, -0.05) is 32.9 Å². The summed E-state index contributed by atoms with van der Waals surface area (Å²) in [4.78, 5) is 24.5. The van der Waals surface area contributed by atoms with Gasteiger partial charge in [0.2, 0.25) is 5.91 Å². The fourth-order valence-corrected chi connectivity index (χ4v) is 2.45. The molecule has 2 rings (SSSR count). The van der Waals surface area contributed by atoms with Crippen LogP contribution in [0.2, 0.25) is 0 Å². The number of benzene rings is 1. The molecule has 0 radical (unpaired) electrons. The molecule has 1 amide bonds. The summed E-state index contributed by atoms with van der Waals surface area (Å²) in [5.41, 5.74) is 1.71. The predicted molar refractivity (Wildman–Crippen MR) is 79.9 cm³/mol. The first-order valence-electron chi connectivity index (χ1n) is 7.09. The molecule has 1 aromatic carbocycles. The van der Waals surface area contributed by atoms with E-state index in [0.29, 0.717) is 13.2 Å². The summed E-state index contributed by atoms with van der Waals surface area (Å²) in [6, 6.07) is 5.76. The fourth-order valence-electron chi connectivity index (χ4n) is 2.45. The summed E-state index contributed by atoms with van der Waals surface area (Å²) >= 11 is 0. The minimum absolute atomic E-state index is 0.00845. The molecule has 5 nitrogen and oxygen atoms in total. The third kappa shape index (κ3) is 3.35. The minimum atomic E-state index is -0.958. The number of para-hydroxylation sites is 1. The molecular weight excluding hydrogens is 270 g/mol. The Morgan fingerprint density at radius 1 is 1.29 bits per heavy atom. The molecule has 0 saturated heterocycles. The van der Waals surface area contributed by atoms with Gasteiger partial charge in [0, 0.05) is 12.0 Å². The SMILES string of the molecule is CC(C)(C)c1cccc2c1OCCN2C(=O)CCC(=O)O. The van der Waals surface area contributed by atoms with Crippen LogP contribution in [-0.4, -0.2) is 30.1 Å². The van der Waals surface area contributed by atoms with Crippen LogP contribution in [0.4, 0.5) is 5.69 Å². The minimum Gasteiger partial charge on any atom is -0.489 e. The lowest BCUT2D eigenvalue weighted by molar-refractivity contribution is -0.138. The van der Waals surface area contributed by atoms with Gasteiger partial charge in [-0.2, -0.15) is 0 Å². The Morgan fingerprint density at radius 2 is 2.00 bits per heavy atom. The average Bonchev–Trinajstić information content (AvgIpc) is 2.42. The zero-order chi connectivity index (χ0) is 15.6. The molecule has 1 N–H and O–H groups in total. The van der Waals surface area contributed by atoms with Gasteiger partial charge in [0.25, 0.3) is 0 Å². The van der Waals surface area contributed by atoms with Crippen molar-refractivity contribution in [3.8, 4) is 5.75 Å². The van der Waals surface area contributed by atoms with Gasteiger partial charge < -0.3 is 14.7 Å². The zero-order valence-electron chi connectivity index (χ0n) is 12.7. The van der Waals surface area contributed by atoms with Gasteiger partial charge in [0.15, 0.2) is 0 Å². The highest BCUT2D eigenvalue weighted by molar-refractivity contribution is 5.96. The van der Waals surface area contributed by atoms with E-state index in [2.05, 4.69) is 20.8 Å². The van der Waals surface area contributed by atoms with E-state index in [1.807, 2.05) is 18.2 Å². The van der Waals surface area contributed by atoms with E-state index in [1.54, 1.807) is 4.90 Å². The van der Waals surface area contributed by atoms with Crippen molar-refractivity contribution < 1.29 is 19.4 Å². The van der Waals surface area contributed by atoms with Crippen LogP contribution in [0.5, 0.6) is 5.75 Å². The van der Waals surface area contributed by atoms with Crippen LogP contribution < -0.4 is 9.64 Å². The van der Waals surface area contributed by atoms with E-state index >= 15 is 0 Å². The molecule has 0 aliphatic carbocycles. The maximum atomic E-state index is 12.2. The molecule has 21 heavy (non-hydrogen) atoms. The number of hydrogen-bond acceptors (Lipinski definition) is 3. The number of hydrogen-bond donors (Lipinski definition) is 1. The number of rotatable bonds is 3. The van der Waals surface area contributed by atoms with Crippen molar-refractivity contribution >= 4 is 17.6 Å². The van der Waals surface area contributed by atoms with Crippen molar-refractivity contribution in [3.63, 3.8) is 0 Å². The van der Waals surface area contributed by atoms with Crippen molar-refractivity contribution in [3.05, 3.63) is 23.8 Å². The molecule has 0 atom stereocenters. The van der Waals surface area contributed by atoms with Gasteiger partial charge in [-0.25, -0.2) is 0 Å². The van der Waals surface area contributed by atoms with Gasteiger partial charge in [-0.05, 0) is 11.5 Å². The molecule has 0 bridgehead atoms. The molecule has 5 heteroatoms. The quantitative estimate of drug-likeness (QED) is 0.929. The fraction of sp³-hybridized carbons (Fsp3) is 0.500. The van der Waals surface area contributed by atoms with E-state index in [1.165, 1.54) is 0 Å². The summed E-state index contributed by atoms with van der Waals surface area (Å²) in [5.74, 6) is -0.395. The van der Waals surface area contributed by atoms with Gasteiger partial charge >= 0.3 is 5.97 Å². The smallest absolute Gasteiger partial charge is 0.303 e. The highest BCUT2D eigenvalue weighted by Gasteiger charge is 2.29. The van der Waals surface area contributed by atoms with E-state index < -0.39 is 5.97 Å². The Bertz CT molecular complexity index is 560. The first-order chi connectivity index (χ1) is 9.80. The van der Waals surface area contributed by atoms with E-state index in [-0.39, 0.29) is 24.2 Å². The zero-order valence-corrected chi connectivity index (χ0v) is 12.7. The number of carboxylic acids is 1. The molecule has 114 valence electrons. The van der Waals surface area contributed by atoms with Crippen molar-refractivity contribution in [1.29, 1.82) is 0 Å². The number of amides is 1. The van der Waals surface area contributed by atoms with Crippen LogP contribution in [0.25, 0.3) is 0 Å². The molecule has 1 heterocycles. The maximum absolute atomic E-state index is 12.2. The van der Waals surface area contributed by atoms with Gasteiger partial charge in [-0.3, -0.25) is 9.59 Å². The topological polar surface area (TPSA) is 66.8 Å². The number of carbonyl (C=O) groups is 2. The lowest BCUT2D eigenvalue weighted by Gasteiger charge is -2.33. The Kier molecular flexibility index (Phi) is 4.21. The Labute approximate surface area is 124 Å². The second-order valence-electron chi connectivity index (χ2n) is 6.19. The number of carbonyl (C=O) groups excluding carboxylic acids is 1. The van der Waals surface area contributed by atoms with Gasteiger partial charge in [-0.15, -0.1) is 0 Å². The second kappa shape index (κ2) is 5.76. The first kappa shape index (κ1) is 15.4. The molecule has 1 aliphatic heterocycles. The maximum Gasteiger partial charge on any atom is 0.303 e. The highest BCUT2D eigenvalue weighted by Crippen LogP contribution is 2.40. The summed E-state index contributed by atoms with van der Waals surface area (Å²) in [6.07, 6.45) is -0.140. The molecular formula is C16H21NO4. The normalized spacial score (nSPS) is 14.3. The van der Waals surface area contributed by atoms with Crippen molar-refractivity contribution in [1.82, 2.24) is 0 Å². The van der Waals surface area contributed by atoms with Gasteiger partial charge in [0.1, 0.15) is 12.4 Å². The highest BCUT2D eigenvalue weighted by atomic mass is 16.5. The molecule has 0 saturated carbocycles. The number of nitrogens with zero attached hydrogens (tertiary/aromatic N) is 1. The lowest BCUT2D eigenvalue weighted by atomic mass is 9.85. The lowest BCUT2D eigenvalue weighted by Crippen LogP contribution is -2.38. The largest absolute Gasteiger partial charge is 0.489 e. The predicted octanol–water partition coefficient (Wildman–Crippen LogP) is 2.57. The van der Waals surface area contributed by atoms with E-state index in [4.69, 9.17) is 9.84 Å². The number of aliphatic carboxylic acids is 1. The van der Waals surface area contributed by atoms with Crippen LogP contribution in [0.3, 0.4) is 0 Å². The van der Waals surface area contributed by atoms with Crippen LogP contribution in [-0.2, 0) is 15.0 Å².